The van der Waals surface area contributed by atoms with E-state index < -0.39 is 10.4 Å². The Morgan fingerprint density at radius 3 is 2.00 bits per heavy atom. The molecule has 0 spiro atoms. The highest BCUT2D eigenvalue weighted by atomic mass is 32.3. The number of amides is 1. The molecule has 15 heavy (non-hydrogen) atoms. The van der Waals surface area contributed by atoms with Crippen molar-refractivity contribution in [3.63, 3.8) is 0 Å². The second-order valence-electron chi connectivity index (χ2n) is 3.38. The monoisotopic (exact) mass is 239 g/mol. The van der Waals surface area contributed by atoms with Crippen LogP contribution in [0.15, 0.2) is 12.7 Å². The van der Waals surface area contributed by atoms with E-state index in [0.717, 1.165) is 6.42 Å². The quantitative estimate of drug-likeness (QED) is 0.499. The molecule has 0 aromatic heterocycles. The van der Waals surface area contributed by atoms with E-state index in [0.29, 0.717) is 0 Å². The van der Waals surface area contributed by atoms with Crippen LogP contribution in [0.1, 0.15) is 27.2 Å². The zero-order valence-corrected chi connectivity index (χ0v) is 9.84. The fraction of sp³-hybridized carbons (Fsp3) is 0.625. The molecule has 1 amide bonds. The number of hydrogen-bond donors (Lipinski definition) is 3. The minimum absolute atomic E-state index is 0.105. The van der Waals surface area contributed by atoms with Gasteiger partial charge in [-0.3, -0.25) is 13.9 Å². The predicted octanol–water partition coefficient (Wildman–Crippen LogP) is 0.824. The number of hydrogen-bond acceptors (Lipinski definition) is 3. The van der Waals surface area contributed by atoms with Crippen molar-refractivity contribution in [3.8, 4) is 0 Å². The van der Waals surface area contributed by atoms with Crippen molar-refractivity contribution in [2.75, 3.05) is 0 Å². The smallest absolute Gasteiger partial charge is 0.348 e. The van der Waals surface area contributed by atoms with Gasteiger partial charge in [-0.2, -0.15) is 8.42 Å². The molecule has 0 rings (SSSR count). The van der Waals surface area contributed by atoms with E-state index in [9.17, 15) is 4.79 Å². The lowest BCUT2D eigenvalue weighted by atomic mass is 10.0. The van der Waals surface area contributed by atoms with E-state index in [2.05, 4.69) is 11.9 Å². The summed E-state index contributed by atoms with van der Waals surface area (Å²) < 4.78 is 31.6. The van der Waals surface area contributed by atoms with E-state index in [1.807, 2.05) is 20.8 Å². The van der Waals surface area contributed by atoms with Crippen LogP contribution in [0.4, 0.5) is 0 Å². The van der Waals surface area contributed by atoms with Crippen LogP contribution in [0.3, 0.4) is 0 Å². The Kier molecular flexibility index (Phi) is 7.20. The number of rotatable bonds is 3. The molecule has 0 aromatic carbocycles. The summed E-state index contributed by atoms with van der Waals surface area (Å²) in [6, 6.07) is 0. The van der Waals surface area contributed by atoms with Gasteiger partial charge in [-0.15, -0.1) is 0 Å². The third-order valence-corrected chi connectivity index (χ3v) is 1.53. The molecule has 7 heteroatoms. The van der Waals surface area contributed by atoms with Gasteiger partial charge in [-0.25, -0.2) is 0 Å². The van der Waals surface area contributed by atoms with Gasteiger partial charge in [0.15, 0.2) is 0 Å². The Morgan fingerprint density at radius 1 is 1.47 bits per heavy atom. The summed E-state index contributed by atoms with van der Waals surface area (Å²) in [4.78, 5) is 10.8. The Bertz CT molecular complexity index is 299. The molecule has 0 radical (unpaired) electrons. The second kappa shape index (κ2) is 6.54. The fourth-order valence-corrected chi connectivity index (χ4v) is 0.473. The average molecular weight is 239 g/mol. The Hall–Kier alpha value is -0.920. The summed E-state index contributed by atoms with van der Waals surface area (Å²) in [5.74, 6) is -0.105. The molecule has 0 fully saturated rings. The lowest BCUT2D eigenvalue weighted by molar-refractivity contribution is -0.118. The molecular weight excluding hydrogens is 222 g/mol. The summed E-state index contributed by atoms with van der Waals surface area (Å²) in [5, 5.41) is 2.80. The molecule has 0 aliphatic heterocycles. The molecule has 0 aliphatic rings. The molecule has 0 atom stereocenters. The van der Waals surface area contributed by atoms with Gasteiger partial charge < -0.3 is 5.32 Å². The average Bonchev–Trinajstić information content (AvgIpc) is 2.00. The third-order valence-electron chi connectivity index (χ3n) is 1.53. The maximum Gasteiger partial charge on any atom is 0.394 e. The van der Waals surface area contributed by atoms with Gasteiger partial charge in [0.05, 0.1) is 0 Å². The third kappa shape index (κ3) is 19.5. The van der Waals surface area contributed by atoms with E-state index in [4.69, 9.17) is 17.5 Å². The highest BCUT2D eigenvalue weighted by Gasteiger charge is 2.15. The van der Waals surface area contributed by atoms with Crippen molar-refractivity contribution in [1.29, 1.82) is 0 Å². The van der Waals surface area contributed by atoms with E-state index in [1.165, 1.54) is 6.08 Å². The second-order valence-corrected chi connectivity index (χ2v) is 4.27. The van der Waals surface area contributed by atoms with Crippen molar-refractivity contribution in [1.82, 2.24) is 5.32 Å². The summed E-state index contributed by atoms with van der Waals surface area (Å²) in [6.07, 6.45) is 2.21. The summed E-state index contributed by atoms with van der Waals surface area (Å²) in [7, 11) is -4.67. The van der Waals surface area contributed by atoms with Crippen LogP contribution in [-0.2, 0) is 15.2 Å². The van der Waals surface area contributed by atoms with E-state index >= 15 is 0 Å². The van der Waals surface area contributed by atoms with Gasteiger partial charge in [0, 0.05) is 5.54 Å². The number of carbonyl (C=O) groups excluding carboxylic acids is 1. The Balaban J connectivity index is 0. The molecule has 6 nitrogen and oxygen atoms in total. The number of nitrogens with one attached hydrogen (secondary N) is 1. The first-order valence-electron chi connectivity index (χ1n) is 4.16. The van der Waals surface area contributed by atoms with Gasteiger partial charge in [-0.1, -0.05) is 13.5 Å². The maximum absolute atomic E-state index is 10.8. The molecule has 0 aliphatic carbocycles. The van der Waals surface area contributed by atoms with Crippen molar-refractivity contribution >= 4 is 16.3 Å². The first-order chi connectivity index (χ1) is 6.52. The Morgan fingerprint density at radius 2 is 1.80 bits per heavy atom. The van der Waals surface area contributed by atoms with E-state index in [-0.39, 0.29) is 11.4 Å². The summed E-state index contributed by atoms with van der Waals surface area (Å²) in [6.45, 7) is 9.36. The highest BCUT2D eigenvalue weighted by molar-refractivity contribution is 7.79. The van der Waals surface area contributed by atoms with Crippen LogP contribution in [0.2, 0.25) is 0 Å². The maximum atomic E-state index is 10.8. The first-order valence-corrected chi connectivity index (χ1v) is 5.56. The van der Waals surface area contributed by atoms with Crippen molar-refractivity contribution in [3.05, 3.63) is 12.7 Å². The van der Waals surface area contributed by atoms with Gasteiger partial charge in [0.2, 0.25) is 5.91 Å². The van der Waals surface area contributed by atoms with Crippen LogP contribution in [0.5, 0.6) is 0 Å². The lowest BCUT2D eigenvalue weighted by Crippen LogP contribution is -2.41. The van der Waals surface area contributed by atoms with Gasteiger partial charge >= 0.3 is 10.4 Å². The fourth-order valence-electron chi connectivity index (χ4n) is 0.473. The molecule has 0 unspecified atom stereocenters. The van der Waals surface area contributed by atoms with Crippen molar-refractivity contribution < 1.29 is 22.3 Å². The first kappa shape index (κ1) is 16.5. The van der Waals surface area contributed by atoms with Crippen LogP contribution >= 0.6 is 0 Å². The highest BCUT2D eigenvalue weighted by Crippen LogP contribution is 2.05. The van der Waals surface area contributed by atoms with Crippen molar-refractivity contribution in [2.45, 2.75) is 32.7 Å². The normalized spacial score (nSPS) is 11.0. The zero-order valence-electron chi connectivity index (χ0n) is 9.02. The Labute approximate surface area is 90.0 Å². The molecule has 90 valence electrons. The standard InChI is InChI=1S/C8H15NO.H2O4S/c1-5-7(10)9-8(3,4)6-2;1-5(2,3)4/h5H,1,6H2,2-4H3,(H,9,10);(H2,1,2,3,4). The minimum atomic E-state index is -4.67. The topological polar surface area (TPSA) is 104 Å². The van der Waals surface area contributed by atoms with Crippen LogP contribution in [0.25, 0.3) is 0 Å². The minimum Gasteiger partial charge on any atom is -0.348 e. The zero-order chi connectivity index (χ0) is 12.7. The van der Waals surface area contributed by atoms with E-state index in [1.54, 1.807) is 0 Å². The molecule has 0 saturated heterocycles. The summed E-state index contributed by atoms with van der Waals surface area (Å²) >= 11 is 0. The van der Waals surface area contributed by atoms with Crippen LogP contribution < -0.4 is 5.32 Å². The van der Waals surface area contributed by atoms with Gasteiger partial charge in [-0.05, 0) is 26.3 Å². The molecular formula is C8H17NO5S. The van der Waals surface area contributed by atoms with Crippen LogP contribution in [0, 0.1) is 0 Å². The van der Waals surface area contributed by atoms with Gasteiger partial charge in [0.25, 0.3) is 0 Å². The number of carbonyl (C=O) groups is 1. The lowest BCUT2D eigenvalue weighted by Gasteiger charge is -2.23. The van der Waals surface area contributed by atoms with Crippen molar-refractivity contribution in [2.24, 2.45) is 0 Å². The van der Waals surface area contributed by atoms with Gasteiger partial charge in [0.1, 0.15) is 0 Å². The van der Waals surface area contributed by atoms with Crippen LogP contribution in [-0.4, -0.2) is 29.0 Å². The molecule has 3 N–H and O–H groups in total. The molecule has 0 aromatic rings. The SMILES string of the molecule is C=CC(=O)NC(C)(C)CC.O=S(=O)(O)O. The summed E-state index contributed by atoms with van der Waals surface area (Å²) in [5.41, 5.74) is -0.106. The molecule has 0 heterocycles. The molecule has 0 bridgehead atoms. The molecule has 0 saturated carbocycles. The predicted molar refractivity (Wildman–Crippen MR) is 56.9 cm³/mol. The largest absolute Gasteiger partial charge is 0.394 e.